The van der Waals surface area contributed by atoms with E-state index in [-0.39, 0.29) is 19.4 Å². The monoisotopic (exact) mass is 664 g/mol. The molecule has 0 aliphatic heterocycles. The van der Waals surface area contributed by atoms with Crippen LogP contribution in [0.25, 0.3) is 0 Å². The predicted octanol–water partition coefficient (Wildman–Crippen LogP) is 8.11. The van der Waals surface area contributed by atoms with E-state index in [0.717, 1.165) is 57.8 Å². The molecule has 0 radical (unpaired) electrons. The first kappa shape index (κ1) is 43.7. The van der Waals surface area contributed by atoms with Gasteiger partial charge in [0.2, 0.25) is 0 Å². The van der Waals surface area contributed by atoms with Crippen molar-refractivity contribution < 1.29 is 47.8 Å². The normalized spacial score (nSPS) is 14.3. The van der Waals surface area contributed by atoms with Gasteiger partial charge in [0.15, 0.2) is 6.10 Å². The highest BCUT2D eigenvalue weighted by molar-refractivity contribution is 7.47. The lowest BCUT2D eigenvalue weighted by Crippen LogP contribution is -2.29. The molecule has 0 aromatic carbocycles. The highest BCUT2D eigenvalue weighted by Gasteiger charge is 2.27. The molecule has 0 rings (SSSR count). The van der Waals surface area contributed by atoms with E-state index in [1.807, 2.05) is 0 Å². The lowest BCUT2D eigenvalue weighted by molar-refractivity contribution is -0.161. The van der Waals surface area contributed by atoms with Crippen LogP contribution in [0.3, 0.4) is 0 Å². The summed E-state index contributed by atoms with van der Waals surface area (Å²) in [6, 6.07) is 0. The van der Waals surface area contributed by atoms with E-state index in [4.69, 9.17) is 19.1 Å². The molecular formula is C34H65O10P. The van der Waals surface area contributed by atoms with Gasteiger partial charge in [0.1, 0.15) is 12.7 Å². The third kappa shape index (κ3) is 31.1. The Morgan fingerprint density at radius 1 is 0.644 bits per heavy atom. The fourth-order valence-electron chi connectivity index (χ4n) is 4.63. The molecule has 0 fully saturated rings. The number of ether oxygens (including phenoxy) is 2. The molecule has 0 aromatic rings. The summed E-state index contributed by atoms with van der Waals surface area (Å²) in [5, 5.41) is 18.2. The maximum Gasteiger partial charge on any atom is 0.472 e. The molecule has 0 bridgehead atoms. The minimum absolute atomic E-state index is 0.177. The van der Waals surface area contributed by atoms with E-state index in [9.17, 15) is 24.2 Å². The Kier molecular flexibility index (Phi) is 30.4. The van der Waals surface area contributed by atoms with Crippen LogP contribution >= 0.6 is 7.82 Å². The van der Waals surface area contributed by atoms with Gasteiger partial charge >= 0.3 is 19.8 Å². The molecule has 3 atom stereocenters. The first-order valence-electron chi connectivity index (χ1n) is 17.6. The van der Waals surface area contributed by atoms with Gasteiger partial charge in [-0.3, -0.25) is 18.6 Å². The standard InChI is InChI=1S/C34H65O10P/c1-3-5-7-9-11-13-15-16-18-20-22-24-26-34(38)44-32(30-43-45(39,40)42-28-31(36)27-35)29-41-33(37)25-23-21-19-17-14-12-10-8-6-4-2/h11,13,31-32,35-36H,3-10,12,14-30H2,1-2H3,(H,39,40)/b13-11+/t31-,32+/m0/s1. The van der Waals surface area contributed by atoms with Crippen LogP contribution in [0.1, 0.15) is 155 Å². The van der Waals surface area contributed by atoms with Gasteiger partial charge in [0.25, 0.3) is 0 Å². The van der Waals surface area contributed by atoms with E-state index < -0.39 is 51.8 Å². The van der Waals surface area contributed by atoms with Crippen LogP contribution in [0.4, 0.5) is 0 Å². The molecule has 1 unspecified atom stereocenters. The summed E-state index contributed by atoms with van der Waals surface area (Å²) < 4.78 is 32.4. The van der Waals surface area contributed by atoms with Crippen molar-refractivity contribution in [3.8, 4) is 0 Å². The largest absolute Gasteiger partial charge is 0.472 e. The summed E-state index contributed by atoms with van der Waals surface area (Å²) in [4.78, 5) is 34.6. The molecule has 0 heterocycles. The average Bonchev–Trinajstić information content (AvgIpc) is 3.02. The van der Waals surface area contributed by atoms with Crippen LogP contribution in [0.5, 0.6) is 0 Å². The van der Waals surface area contributed by atoms with Crippen LogP contribution in [0.2, 0.25) is 0 Å². The summed E-state index contributed by atoms with van der Waals surface area (Å²) in [5.74, 6) is -0.935. The Balaban J connectivity index is 4.43. The van der Waals surface area contributed by atoms with Crippen molar-refractivity contribution in [2.75, 3.05) is 26.4 Å². The van der Waals surface area contributed by atoms with Crippen molar-refractivity contribution in [1.29, 1.82) is 0 Å². The van der Waals surface area contributed by atoms with Gasteiger partial charge in [-0.05, 0) is 38.5 Å². The van der Waals surface area contributed by atoms with Gasteiger partial charge < -0.3 is 24.6 Å². The number of hydrogen-bond donors (Lipinski definition) is 3. The third-order valence-corrected chi connectivity index (χ3v) is 8.37. The molecule has 0 spiro atoms. The van der Waals surface area contributed by atoms with Crippen LogP contribution in [-0.4, -0.2) is 65.7 Å². The topological polar surface area (TPSA) is 149 Å². The Morgan fingerprint density at radius 3 is 1.64 bits per heavy atom. The first-order chi connectivity index (χ1) is 21.7. The molecule has 3 N–H and O–H groups in total. The molecule has 0 aliphatic carbocycles. The number of carbonyl (C=O) groups is 2. The van der Waals surface area contributed by atoms with Crippen molar-refractivity contribution in [2.45, 2.75) is 167 Å². The molecule has 0 aromatic heterocycles. The van der Waals surface area contributed by atoms with Gasteiger partial charge in [-0.25, -0.2) is 4.57 Å². The second-order valence-electron chi connectivity index (χ2n) is 11.9. The molecule has 0 aliphatic rings. The number of rotatable bonds is 33. The zero-order valence-electron chi connectivity index (χ0n) is 28.3. The molecular weight excluding hydrogens is 599 g/mol. The fourth-order valence-corrected chi connectivity index (χ4v) is 5.42. The van der Waals surface area contributed by atoms with E-state index >= 15 is 0 Å². The Morgan fingerprint density at radius 2 is 1.09 bits per heavy atom. The smallest absolute Gasteiger partial charge is 0.462 e. The Bertz CT molecular complexity index is 776. The highest BCUT2D eigenvalue weighted by Crippen LogP contribution is 2.43. The molecule has 0 saturated heterocycles. The number of phosphoric acid groups is 1. The quantitative estimate of drug-likeness (QED) is 0.0272. The molecule has 266 valence electrons. The molecule has 45 heavy (non-hydrogen) atoms. The van der Waals surface area contributed by atoms with Crippen molar-refractivity contribution in [3.63, 3.8) is 0 Å². The third-order valence-electron chi connectivity index (χ3n) is 7.42. The molecule has 0 amide bonds. The summed E-state index contributed by atoms with van der Waals surface area (Å²) in [6.45, 7) is 2.31. The van der Waals surface area contributed by atoms with Crippen LogP contribution in [0.15, 0.2) is 12.2 Å². The van der Waals surface area contributed by atoms with Gasteiger partial charge in [-0.15, -0.1) is 0 Å². The van der Waals surface area contributed by atoms with Crippen LogP contribution in [0, 0.1) is 0 Å². The maximum atomic E-state index is 12.5. The number of phosphoric ester groups is 1. The number of carbonyl (C=O) groups excluding carboxylic acids is 2. The fraction of sp³-hybridized carbons (Fsp3) is 0.882. The van der Waals surface area contributed by atoms with Gasteiger partial charge in [-0.2, -0.15) is 0 Å². The molecule has 11 heteroatoms. The van der Waals surface area contributed by atoms with Crippen molar-refractivity contribution >= 4 is 19.8 Å². The zero-order chi connectivity index (χ0) is 33.4. The average molecular weight is 665 g/mol. The van der Waals surface area contributed by atoms with E-state index in [2.05, 4.69) is 30.5 Å². The SMILES string of the molecule is CCCCC/C=C/CCCCCCCC(=O)O[C@H](COC(=O)CCCCCCCCCCCC)COP(=O)(O)OC[C@@H](O)CO. The van der Waals surface area contributed by atoms with Gasteiger partial charge in [0, 0.05) is 12.8 Å². The number of hydrogen-bond acceptors (Lipinski definition) is 9. The lowest BCUT2D eigenvalue weighted by atomic mass is 10.1. The number of unbranched alkanes of at least 4 members (excludes halogenated alkanes) is 17. The summed E-state index contributed by atoms with van der Waals surface area (Å²) >= 11 is 0. The van der Waals surface area contributed by atoms with Gasteiger partial charge in [-0.1, -0.05) is 116 Å². The Labute approximate surface area is 273 Å². The second-order valence-corrected chi connectivity index (χ2v) is 13.4. The van der Waals surface area contributed by atoms with E-state index in [1.165, 1.54) is 57.8 Å². The van der Waals surface area contributed by atoms with Crippen molar-refractivity contribution in [1.82, 2.24) is 0 Å². The van der Waals surface area contributed by atoms with Crippen LogP contribution < -0.4 is 0 Å². The number of allylic oxidation sites excluding steroid dienone is 2. The number of aliphatic hydroxyl groups is 2. The Hall–Kier alpha value is -1.29. The lowest BCUT2D eigenvalue weighted by Gasteiger charge is -2.20. The minimum atomic E-state index is -4.60. The van der Waals surface area contributed by atoms with Crippen molar-refractivity contribution in [2.24, 2.45) is 0 Å². The van der Waals surface area contributed by atoms with E-state index in [1.54, 1.807) is 0 Å². The van der Waals surface area contributed by atoms with Gasteiger partial charge in [0.05, 0.1) is 19.8 Å². The number of esters is 2. The second kappa shape index (κ2) is 31.3. The molecule has 10 nitrogen and oxygen atoms in total. The molecule has 0 saturated carbocycles. The zero-order valence-corrected chi connectivity index (χ0v) is 29.2. The minimum Gasteiger partial charge on any atom is -0.462 e. The number of aliphatic hydroxyl groups excluding tert-OH is 2. The summed E-state index contributed by atoms with van der Waals surface area (Å²) in [7, 11) is -4.60. The highest BCUT2D eigenvalue weighted by atomic mass is 31.2. The predicted molar refractivity (Wildman–Crippen MR) is 178 cm³/mol. The first-order valence-corrected chi connectivity index (χ1v) is 19.1. The summed E-state index contributed by atoms with van der Waals surface area (Å²) in [5.41, 5.74) is 0. The van der Waals surface area contributed by atoms with E-state index in [0.29, 0.717) is 12.8 Å². The summed E-state index contributed by atoms with van der Waals surface area (Å²) in [6.07, 6.45) is 24.7. The van der Waals surface area contributed by atoms with Crippen LogP contribution in [-0.2, 0) is 32.7 Å². The maximum absolute atomic E-state index is 12.5. The van der Waals surface area contributed by atoms with Crippen molar-refractivity contribution in [3.05, 3.63) is 12.2 Å².